The van der Waals surface area contributed by atoms with Gasteiger partial charge in [-0.1, -0.05) is 13.8 Å². The van der Waals surface area contributed by atoms with Crippen LogP contribution in [0, 0.1) is 5.92 Å². The number of nitrogens with zero attached hydrogens (tertiary/aromatic N) is 3. The molecule has 3 aromatic rings. The summed E-state index contributed by atoms with van der Waals surface area (Å²) in [7, 11) is 5.02. The summed E-state index contributed by atoms with van der Waals surface area (Å²) in [5.74, 6) is 2.27. The topological polar surface area (TPSA) is 78.3 Å². The van der Waals surface area contributed by atoms with Gasteiger partial charge in [0.25, 0.3) is 0 Å². The van der Waals surface area contributed by atoms with Crippen LogP contribution in [-0.4, -0.2) is 34.9 Å². The number of carbonyl (C=O) groups excluding carboxylic acids is 1. The van der Waals surface area contributed by atoms with E-state index < -0.39 is 0 Å². The summed E-state index contributed by atoms with van der Waals surface area (Å²) in [6.45, 7) is 4.03. The van der Waals surface area contributed by atoms with Crippen LogP contribution in [0.4, 0.5) is 5.82 Å². The zero-order chi connectivity index (χ0) is 20.3. The van der Waals surface area contributed by atoms with Crippen molar-refractivity contribution in [1.82, 2.24) is 14.8 Å². The molecule has 7 nitrogen and oxygen atoms in total. The fourth-order valence-corrected chi connectivity index (χ4v) is 3.56. The molecule has 0 bridgehead atoms. The summed E-state index contributed by atoms with van der Waals surface area (Å²) >= 11 is 1.50. The lowest BCUT2D eigenvalue weighted by Crippen LogP contribution is -2.16. The molecule has 3 rings (SSSR count). The smallest absolute Gasteiger partial charge is 0.225 e. The summed E-state index contributed by atoms with van der Waals surface area (Å²) in [5.41, 5.74) is 2.48. The maximum Gasteiger partial charge on any atom is 0.225 e. The Morgan fingerprint density at radius 3 is 2.61 bits per heavy atom. The fraction of sp³-hybridized carbons (Fsp3) is 0.350. The summed E-state index contributed by atoms with van der Waals surface area (Å²) in [6, 6.07) is 7.54. The van der Waals surface area contributed by atoms with Crippen LogP contribution in [0.1, 0.15) is 20.3 Å². The van der Waals surface area contributed by atoms with E-state index in [4.69, 9.17) is 14.5 Å². The summed E-state index contributed by atoms with van der Waals surface area (Å²) < 4.78 is 12.3. The number of amides is 1. The molecule has 0 saturated carbocycles. The van der Waals surface area contributed by atoms with Crippen LogP contribution in [0.5, 0.6) is 11.5 Å². The molecule has 8 heteroatoms. The predicted molar refractivity (Wildman–Crippen MR) is 111 cm³/mol. The Morgan fingerprint density at radius 2 is 1.93 bits per heavy atom. The third-order valence-corrected chi connectivity index (χ3v) is 5.01. The van der Waals surface area contributed by atoms with Gasteiger partial charge in [0.1, 0.15) is 16.5 Å². The highest BCUT2D eigenvalue weighted by Crippen LogP contribution is 2.34. The fourth-order valence-electron chi connectivity index (χ4n) is 2.77. The highest BCUT2D eigenvalue weighted by Gasteiger charge is 2.15. The van der Waals surface area contributed by atoms with E-state index in [2.05, 4.69) is 10.4 Å². The molecule has 2 heterocycles. The highest BCUT2D eigenvalue weighted by atomic mass is 32.1. The van der Waals surface area contributed by atoms with Gasteiger partial charge in [0.05, 0.1) is 19.9 Å². The zero-order valence-electron chi connectivity index (χ0n) is 16.6. The van der Waals surface area contributed by atoms with Crippen LogP contribution >= 0.6 is 11.3 Å². The Hall–Kier alpha value is -2.87. The maximum atomic E-state index is 12.0. The maximum absolute atomic E-state index is 12.0. The number of aryl methyl sites for hydroxylation is 1. The van der Waals surface area contributed by atoms with Gasteiger partial charge in [-0.15, -0.1) is 11.3 Å². The molecule has 0 aliphatic rings. The lowest BCUT2D eigenvalue weighted by molar-refractivity contribution is -0.116. The first kappa shape index (κ1) is 19.9. The number of aromatic nitrogens is 3. The molecule has 1 N–H and O–H groups in total. The third-order valence-electron chi connectivity index (χ3n) is 4.14. The molecule has 0 saturated heterocycles. The molecule has 2 aromatic heterocycles. The molecule has 0 atom stereocenters. The first-order valence-corrected chi connectivity index (χ1v) is 9.81. The van der Waals surface area contributed by atoms with Gasteiger partial charge in [0, 0.05) is 30.5 Å². The van der Waals surface area contributed by atoms with Gasteiger partial charge in [0.15, 0.2) is 11.5 Å². The van der Waals surface area contributed by atoms with Crippen LogP contribution in [-0.2, 0) is 11.8 Å². The largest absolute Gasteiger partial charge is 0.493 e. The van der Waals surface area contributed by atoms with Gasteiger partial charge in [0.2, 0.25) is 5.91 Å². The number of anilines is 1. The number of thiazole rings is 1. The Balaban J connectivity index is 1.83. The lowest BCUT2D eigenvalue weighted by atomic mass is 10.1. The van der Waals surface area contributed by atoms with E-state index in [-0.39, 0.29) is 5.91 Å². The van der Waals surface area contributed by atoms with E-state index in [0.717, 1.165) is 22.0 Å². The van der Waals surface area contributed by atoms with E-state index in [1.807, 2.05) is 43.5 Å². The van der Waals surface area contributed by atoms with E-state index >= 15 is 0 Å². The van der Waals surface area contributed by atoms with Gasteiger partial charge >= 0.3 is 0 Å². The Morgan fingerprint density at radius 1 is 1.18 bits per heavy atom. The minimum absolute atomic E-state index is 0.0188. The van der Waals surface area contributed by atoms with Crippen molar-refractivity contribution in [3.05, 3.63) is 29.6 Å². The van der Waals surface area contributed by atoms with Crippen LogP contribution in [0.15, 0.2) is 29.6 Å². The lowest BCUT2D eigenvalue weighted by Gasteiger charge is -2.08. The summed E-state index contributed by atoms with van der Waals surface area (Å²) in [5, 5.41) is 10.1. The van der Waals surface area contributed by atoms with Crippen molar-refractivity contribution in [2.24, 2.45) is 13.0 Å². The minimum Gasteiger partial charge on any atom is -0.493 e. The van der Waals surface area contributed by atoms with Crippen LogP contribution in [0.2, 0.25) is 0 Å². The van der Waals surface area contributed by atoms with Crippen molar-refractivity contribution in [2.45, 2.75) is 20.3 Å². The zero-order valence-corrected chi connectivity index (χ0v) is 17.5. The average Bonchev–Trinajstić information content (AvgIpc) is 3.28. The van der Waals surface area contributed by atoms with E-state index in [9.17, 15) is 4.79 Å². The molecule has 0 fully saturated rings. The van der Waals surface area contributed by atoms with Crippen molar-refractivity contribution in [3.63, 3.8) is 0 Å². The standard InChI is InChI=1S/C20H24N4O3S/c1-12(2)8-19(25)22-18-10-14(23-24(18)3)20-21-15(11-28-20)13-6-7-16(26-4)17(9-13)27-5/h6-7,9-12H,8H2,1-5H3,(H,22,25). The Kier molecular flexibility index (Phi) is 5.99. The number of nitrogens with one attached hydrogen (secondary N) is 1. The summed E-state index contributed by atoms with van der Waals surface area (Å²) in [4.78, 5) is 16.7. The number of rotatable bonds is 7. The van der Waals surface area contributed by atoms with Crippen LogP contribution < -0.4 is 14.8 Å². The molecule has 0 aliphatic carbocycles. The Bertz CT molecular complexity index is 978. The monoisotopic (exact) mass is 400 g/mol. The van der Waals surface area contributed by atoms with Crippen molar-refractivity contribution < 1.29 is 14.3 Å². The van der Waals surface area contributed by atoms with Crippen molar-refractivity contribution >= 4 is 23.1 Å². The molecule has 0 unspecified atom stereocenters. The van der Waals surface area contributed by atoms with Gasteiger partial charge in [-0.25, -0.2) is 4.98 Å². The van der Waals surface area contributed by atoms with E-state index in [0.29, 0.717) is 29.7 Å². The molecule has 1 amide bonds. The second-order valence-electron chi connectivity index (χ2n) is 6.79. The quantitative estimate of drug-likeness (QED) is 0.643. The number of methoxy groups -OCH3 is 2. The van der Waals surface area contributed by atoms with E-state index in [1.165, 1.54) is 11.3 Å². The first-order chi connectivity index (χ1) is 13.4. The first-order valence-electron chi connectivity index (χ1n) is 8.93. The van der Waals surface area contributed by atoms with Gasteiger partial charge in [-0.3, -0.25) is 9.48 Å². The van der Waals surface area contributed by atoms with E-state index in [1.54, 1.807) is 25.9 Å². The van der Waals surface area contributed by atoms with Gasteiger partial charge in [-0.05, 0) is 24.1 Å². The highest BCUT2D eigenvalue weighted by molar-refractivity contribution is 7.13. The number of benzene rings is 1. The van der Waals surface area contributed by atoms with Gasteiger partial charge in [-0.2, -0.15) is 5.10 Å². The second-order valence-corrected chi connectivity index (χ2v) is 7.65. The molecule has 1 aromatic carbocycles. The van der Waals surface area contributed by atoms with Crippen molar-refractivity contribution in [1.29, 1.82) is 0 Å². The third kappa shape index (κ3) is 4.33. The number of hydrogen-bond donors (Lipinski definition) is 1. The van der Waals surface area contributed by atoms with Crippen molar-refractivity contribution in [3.8, 4) is 33.5 Å². The van der Waals surface area contributed by atoms with Gasteiger partial charge < -0.3 is 14.8 Å². The minimum atomic E-state index is -0.0188. The van der Waals surface area contributed by atoms with Crippen LogP contribution in [0.3, 0.4) is 0 Å². The molecular weight excluding hydrogens is 376 g/mol. The second kappa shape index (κ2) is 8.43. The molecule has 148 valence electrons. The predicted octanol–water partition coefficient (Wildman–Crippen LogP) is 4.21. The molecule has 0 spiro atoms. The normalized spacial score (nSPS) is 10.9. The molecule has 0 radical (unpaired) electrons. The number of ether oxygens (including phenoxy) is 2. The SMILES string of the molecule is COc1ccc(-c2csc(-c3cc(NC(=O)CC(C)C)n(C)n3)n2)cc1OC. The summed E-state index contributed by atoms with van der Waals surface area (Å²) in [6.07, 6.45) is 0.473. The van der Waals surface area contributed by atoms with Crippen LogP contribution in [0.25, 0.3) is 22.0 Å². The number of hydrogen-bond acceptors (Lipinski definition) is 6. The molecule has 28 heavy (non-hydrogen) atoms. The molecule has 0 aliphatic heterocycles. The average molecular weight is 401 g/mol. The van der Waals surface area contributed by atoms with Crippen molar-refractivity contribution in [2.75, 3.05) is 19.5 Å². The number of carbonyl (C=O) groups is 1. The molecular formula is C20H24N4O3S. The Labute approximate surface area is 168 Å².